The first-order chi connectivity index (χ1) is 12.5. The second-order valence-electron chi connectivity index (χ2n) is 5.91. The van der Waals surface area contributed by atoms with Crippen LogP contribution >= 0.6 is 0 Å². The first-order valence-corrected chi connectivity index (χ1v) is 8.16. The number of nitro benzene ring substituents is 1. The van der Waals surface area contributed by atoms with Crippen LogP contribution in [0.15, 0.2) is 59.7 Å². The van der Waals surface area contributed by atoms with E-state index in [1.165, 1.54) is 17.7 Å². The third kappa shape index (κ3) is 3.94. The number of nitro groups is 1. The highest BCUT2D eigenvalue weighted by Gasteiger charge is 2.10. The van der Waals surface area contributed by atoms with Crippen molar-refractivity contribution in [3.63, 3.8) is 0 Å². The molecule has 0 saturated carbocycles. The highest BCUT2D eigenvalue weighted by atomic mass is 16.6. The summed E-state index contributed by atoms with van der Waals surface area (Å²) in [5.74, 6) is 0. The number of nitrogens with zero attached hydrogens (tertiary/aromatic N) is 4. The third-order valence-corrected chi connectivity index (χ3v) is 4.06. The summed E-state index contributed by atoms with van der Waals surface area (Å²) in [6.45, 7) is 4.63. The molecule has 7 heteroatoms. The molecule has 0 spiro atoms. The normalized spacial score (nSPS) is 11.0. The molecular weight excluding hydrogens is 330 g/mol. The molecule has 3 aromatic rings. The molecule has 0 aliphatic carbocycles. The van der Waals surface area contributed by atoms with Crippen molar-refractivity contribution in [2.24, 2.45) is 5.10 Å². The lowest BCUT2D eigenvalue weighted by molar-refractivity contribution is -0.384. The zero-order chi connectivity index (χ0) is 18.5. The van der Waals surface area contributed by atoms with Crippen molar-refractivity contribution >= 4 is 17.6 Å². The fourth-order valence-electron chi connectivity index (χ4n) is 2.67. The van der Waals surface area contributed by atoms with Gasteiger partial charge in [-0.25, -0.2) is 0 Å². The first kappa shape index (κ1) is 17.3. The topological polar surface area (TPSA) is 85.3 Å². The molecule has 1 N–H and O–H groups in total. The van der Waals surface area contributed by atoms with Gasteiger partial charge in [-0.3, -0.25) is 20.2 Å². The maximum Gasteiger partial charge on any atom is 0.271 e. The van der Waals surface area contributed by atoms with Crippen LogP contribution in [0.3, 0.4) is 0 Å². The maximum absolute atomic E-state index is 10.8. The van der Waals surface area contributed by atoms with Gasteiger partial charge in [-0.1, -0.05) is 36.4 Å². The van der Waals surface area contributed by atoms with Crippen molar-refractivity contribution in [2.75, 3.05) is 5.43 Å². The molecule has 0 unspecified atom stereocenters. The number of aryl methyl sites for hydroxylation is 1. The van der Waals surface area contributed by atoms with Gasteiger partial charge in [0.25, 0.3) is 5.69 Å². The molecule has 0 aliphatic rings. The highest BCUT2D eigenvalue weighted by molar-refractivity contribution is 5.83. The molecule has 0 saturated heterocycles. The van der Waals surface area contributed by atoms with E-state index in [1.54, 1.807) is 18.3 Å². The summed E-state index contributed by atoms with van der Waals surface area (Å²) in [6.07, 6.45) is 1.69. The number of hydrazone groups is 1. The lowest BCUT2D eigenvalue weighted by Crippen LogP contribution is -2.04. The first-order valence-electron chi connectivity index (χ1n) is 8.16. The van der Waals surface area contributed by atoms with Crippen molar-refractivity contribution < 1.29 is 4.92 Å². The van der Waals surface area contributed by atoms with E-state index in [9.17, 15) is 10.1 Å². The molecule has 0 bridgehead atoms. The SMILES string of the molecule is Cc1nn(Cc2ccccc2)c(C)c1/C=N\Nc1cccc([N+](=O)[O-])c1. The molecule has 132 valence electrons. The van der Waals surface area contributed by atoms with Crippen molar-refractivity contribution in [2.45, 2.75) is 20.4 Å². The number of hydrogen-bond acceptors (Lipinski definition) is 5. The fourth-order valence-corrected chi connectivity index (χ4v) is 2.67. The van der Waals surface area contributed by atoms with Gasteiger partial charge in [0.2, 0.25) is 0 Å². The Balaban J connectivity index is 1.74. The third-order valence-electron chi connectivity index (χ3n) is 4.06. The van der Waals surface area contributed by atoms with Crippen LogP contribution in [-0.4, -0.2) is 20.9 Å². The lowest BCUT2D eigenvalue weighted by Gasteiger charge is -2.04. The summed E-state index contributed by atoms with van der Waals surface area (Å²) in [7, 11) is 0. The number of benzene rings is 2. The summed E-state index contributed by atoms with van der Waals surface area (Å²) in [5.41, 5.74) is 7.40. The van der Waals surface area contributed by atoms with E-state index in [1.807, 2.05) is 36.7 Å². The number of aromatic nitrogens is 2. The van der Waals surface area contributed by atoms with Gasteiger partial charge in [0, 0.05) is 23.4 Å². The molecule has 0 radical (unpaired) electrons. The molecule has 26 heavy (non-hydrogen) atoms. The maximum atomic E-state index is 10.8. The highest BCUT2D eigenvalue weighted by Crippen LogP contribution is 2.17. The van der Waals surface area contributed by atoms with Gasteiger partial charge >= 0.3 is 0 Å². The molecule has 7 nitrogen and oxygen atoms in total. The van der Waals surface area contributed by atoms with Crippen LogP contribution in [0.4, 0.5) is 11.4 Å². The Morgan fingerprint density at radius 2 is 1.96 bits per heavy atom. The second kappa shape index (κ2) is 7.60. The minimum absolute atomic E-state index is 0.0215. The van der Waals surface area contributed by atoms with Gasteiger partial charge in [0.05, 0.1) is 29.1 Å². The Hall–Kier alpha value is -3.48. The smallest absolute Gasteiger partial charge is 0.271 e. The van der Waals surface area contributed by atoms with E-state index in [-0.39, 0.29) is 5.69 Å². The van der Waals surface area contributed by atoms with Crippen molar-refractivity contribution in [1.29, 1.82) is 0 Å². The van der Waals surface area contributed by atoms with Crippen LogP contribution in [0.2, 0.25) is 0 Å². The van der Waals surface area contributed by atoms with E-state index in [0.717, 1.165) is 17.0 Å². The molecule has 2 aromatic carbocycles. The average Bonchev–Trinajstić information content (AvgIpc) is 2.90. The summed E-state index contributed by atoms with van der Waals surface area (Å²) in [6, 6.07) is 16.4. The van der Waals surface area contributed by atoms with Crippen LogP contribution in [0.5, 0.6) is 0 Å². The molecular formula is C19H19N5O2. The van der Waals surface area contributed by atoms with Gasteiger partial charge in [0.15, 0.2) is 0 Å². The van der Waals surface area contributed by atoms with Gasteiger partial charge in [-0.05, 0) is 25.5 Å². The van der Waals surface area contributed by atoms with E-state index in [2.05, 4.69) is 27.8 Å². The van der Waals surface area contributed by atoms with Gasteiger partial charge in [-0.2, -0.15) is 10.2 Å². The number of nitrogens with one attached hydrogen (secondary N) is 1. The van der Waals surface area contributed by atoms with E-state index < -0.39 is 4.92 Å². The van der Waals surface area contributed by atoms with Crippen LogP contribution < -0.4 is 5.43 Å². The van der Waals surface area contributed by atoms with Crippen molar-refractivity contribution in [3.05, 3.63) is 87.2 Å². The van der Waals surface area contributed by atoms with E-state index >= 15 is 0 Å². The second-order valence-corrected chi connectivity index (χ2v) is 5.91. The zero-order valence-corrected chi connectivity index (χ0v) is 14.6. The fraction of sp³-hybridized carbons (Fsp3) is 0.158. The minimum Gasteiger partial charge on any atom is -0.278 e. The Bertz CT molecular complexity index is 948. The van der Waals surface area contributed by atoms with Gasteiger partial charge in [0.1, 0.15) is 0 Å². The average molecular weight is 349 g/mol. The largest absolute Gasteiger partial charge is 0.278 e. The summed E-state index contributed by atoms with van der Waals surface area (Å²) in [5, 5.41) is 19.6. The standard InChI is InChI=1S/C19H19N5O2/c1-14-19(12-20-21-17-9-6-10-18(11-17)24(25)26)15(2)23(22-14)13-16-7-4-3-5-8-16/h3-12,21H,13H2,1-2H3/b20-12-. The van der Waals surface area contributed by atoms with Crippen LogP contribution in [-0.2, 0) is 6.54 Å². The minimum atomic E-state index is -0.434. The van der Waals surface area contributed by atoms with Gasteiger partial charge < -0.3 is 0 Å². The predicted molar refractivity (Wildman–Crippen MR) is 102 cm³/mol. The van der Waals surface area contributed by atoms with E-state index in [4.69, 9.17) is 0 Å². The van der Waals surface area contributed by atoms with Crippen LogP contribution in [0.1, 0.15) is 22.5 Å². The van der Waals surface area contributed by atoms with Crippen LogP contribution in [0, 0.1) is 24.0 Å². The monoisotopic (exact) mass is 349 g/mol. The summed E-state index contributed by atoms with van der Waals surface area (Å²) < 4.78 is 1.94. The van der Waals surface area contributed by atoms with E-state index in [0.29, 0.717) is 12.2 Å². The summed E-state index contributed by atoms with van der Waals surface area (Å²) in [4.78, 5) is 10.4. The number of rotatable bonds is 6. The Kier molecular flexibility index (Phi) is 5.07. The Morgan fingerprint density at radius 3 is 2.69 bits per heavy atom. The zero-order valence-electron chi connectivity index (χ0n) is 14.6. The van der Waals surface area contributed by atoms with Crippen LogP contribution in [0.25, 0.3) is 0 Å². The molecule has 0 amide bonds. The quantitative estimate of drug-likeness (QED) is 0.415. The van der Waals surface area contributed by atoms with Gasteiger partial charge in [-0.15, -0.1) is 0 Å². The molecule has 0 fully saturated rings. The number of anilines is 1. The molecule has 1 aromatic heterocycles. The Morgan fingerprint density at radius 1 is 1.19 bits per heavy atom. The van der Waals surface area contributed by atoms with Crippen molar-refractivity contribution in [3.8, 4) is 0 Å². The van der Waals surface area contributed by atoms with Crippen molar-refractivity contribution in [1.82, 2.24) is 9.78 Å². The Labute approximate surface area is 151 Å². The summed E-state index contributed by atoms with van der Waals surface area (Å²) >= 11 is 0. The number of hydrogen-bond donors (Lipinski definition) is 1. The molecule has 0 aliphatic heterocycles. The molecule has 1 heterocycles. The lowest BCUT2D eigenvalue weighted by atomic mass is 10.2. The molecule has 0 atom stereocenters. The number of non-ortho nitro benzene ring substituents is 1. The predicted octanol–water partition coefficient (Wildman–Crippen LogP) is 3.90. The molecule has 3 rings (SSSR count).